The molecule has 1 fully saturated rings. The SMILES string of the molecule is CCCOc1ccc(/C(O)=C2/C(=O)C(=O)N(Cc3ccc(OC)cc3)C2c2ccc(Cl)cc2)cc1. The summed E-state index contributed by atoms with van der Waals surface area (Å²) in [6.07, 6.45) is 0.875. The lowest BCUT2D eigenvalue weighted by Gasteiger charge is -2.25. The Bertz CT molecular complexity index is 1230. The molecule has 0 saturated carbocycles. The van der Waals surface area contributed by atoms with E-state index >= 15 is 0 Å². The zero-order valence-corrected chi connectivity index (χ0v) is 20.3. The molecule has 3 aromatic rings. The fraction of sp³-hybridized carbons (Fsp3) is 0.214. The first-order valence-corrected chi connectivity index (χ1v) is 11.7. The fourth-order valence-corrected chi connectivity index (χ4v) is 4.17. The molecule has 4 rings (SSSR count). The second kappa shape index (κ2) is 10.7. The van der Waals surface area contributed by atoms with Crippen molar-refractivity contribution in [2.45, 2.75) is 25.9 Å². The Balaban J connectivity index is 1.76. The Kier molecular flexibility index (Phi) is 7.42. The summed E-state index contributed by atoms with van der Waals surface area (Å²) in [5.74, 6) is -0.288. The number of ketones is 1. The molecule has 0 spiro atoms. The smallest absolute Gasteiger partial charge is 0.295 e. The summed E-state index contributed by atoms with van der Waals surface area (Å²) in [7, 11) is 1.58. The molecule has 1 heterocycles. The van der Waals surface area contributed by atoms with E-state index in [1.54, 1.807) is 67.8 Å². The average molecular weight is 492 g/mol. The van der Waals surface area contributed by atoms with Gasteiger partial charge in [-0.15, -0.1) is 0 Å². The van der Waals surface area contributed by atoms with Crippen molar-refractivity contribution < 1.29 is 24.2 Å². The van der Waals surface area contributed by atoms with E-state index in [1.807, 2.05) is 19.1 Å². The van der Waals surface area contributed by atoms with Gasteiger partial charge in [0.05, 0.1) is 25.3 Å². The first kappa shape index (κ1) is 24.4. The Labute approximate surface area is 209 Å². The maximum absolute atomic E-state index is 13.2. The normalized spacial score (nSPS) is 17.0. The molecule has 180 valence electrons. The zero-order valence-electron chi connectivity index (χ0n) is 19.5. The van der Waals surface area contributed by atoms with Crippen molar-refractivity contribution in [1.29, 1.82) is 0 Å². The van der Waals surface area contributed by atoms with Crippen LogP contribution < -0.4 is 9.47 Å². The number of carbonyl (C=O) groups is 2. The largest absolute Gasteiger partial charge is 0.507 e. The van der Waals surface area contributed by atoms with E-state index in [-0.39, 0.29) is 17.9 Å². The van der Waals surface area contributed by atoms with E-state index in [1.165, 1.54) is 4.90 Å². The molecule has 1 N–H and O–H groups in total. The van der Waals surface area contributed by atoms with Gasteiger partial charge < -0.3 is 19.5 Å². The van der Waals surface area contributed by atoms with Crippen LogP contribution in [0.3, 0.4) is 0 Å². The molecule has 1 atom stereocenters. The minimum absolute atomic E-state index is 0.0352. The first-order valence-electron chi connectivity index (χ1n) is 11.3. The van der Waals surface area contributed by atoms with Gasteiger partial charge in [-0.05, 0) is 66.1 Å². The summed E-state index contributed by atoms with van der Waals surface area (Å²) in [5, 5.41) is 11.7. The molecule has 0 bridgehead atoms. The third-order valence-electron chi connectivity index (χ3n) is 5.84. The van der Waals surface area contributed by atoms with Gasteiger partial charge in [0, 0.05) is 17.1 Å². The predicted octanol–water partition coefficient (Wildman–Crippen LogP) is 5.76. The second-order valence-corrected chi connectivity index (χ2v) is 8.64. The molecule has 3 aromatic carbocycles. The number of methoxy groups -OCH3 is 1. The van der Waals surface area contributed by atoms with Crippen LogP contribution in [-0.2, 0) is 16.1 Å². The number of rotatable bonds is 8. The van der Waals surface area contributed by atoms with E-state index < -0.39 is 17.7 Å². The van der Waals surface area contributed by atoms with Gasteiger partial charge in [0.1, 0.15) is 17.3 Å². The quantitative estimate of drug-likeness (QED) is 0.246. The number of aliphatic hydroxyl groups is 1. The number of nitrogens with zero attached hydrogens (tertiary/aromatic N) is 1. The van der Waals surface area contributed by atoms with Gasteiger partial charge >= 0.3 is 0 Å². The number of benzene rings is 3. The maximum atomic E-state index is 13.2. The summed E-state index contributed by atoms with van der Waals surface area (Å²) < 4.78 is 10.8. The van der Waals surface area contributed by atoms with Gasteiger partial charge in [0.15, 0.2) is 0 Å². The molecule has 1 amide bonds. The Morgan fingerprint density at radius 1 is 0.943 bits per heavy atom. The molecule has 1 aliphatic rings. The molecule has 1 unspecified atom stereocenters. The summed E-state index contributed by atoms with van der Waals surface area (Å²) in [6, 6.07) is 20.2. The lowest BCUT2D eigenvalue weighted by molar-refractivity contribution is -0.140. The van der Waals surface area contributed by atoms with E-state index in [4.69, 9.17) is 21.1 Å². The summed E-state index contributed by atoms with van der Waals surface area (Å²) in [6.45, 7) is 2.78. The minimum Gasteiger partial charge on any atom is -0.507 e. The highest BCUT2D eigenvalue weighted by molar-refractivity contribution is 6.46. The molecule has 1 saturated heterocycles. The number of Topliss-reactive ketones (excluding diaryl/α,β-unsaturated/α-hetero) is 1. The van der Waals surface area contributed by atoms with Gasteiger partial charge in [-0.25, -0.2) is 0 Å². The van der Waals surface area contributed by atoms with Crippen LogP contribution in [-0.4, -0.2) is 35.4 Å². The number of amides is 1. The molecule has 0 aromatic heterocycles. The van der Waals surface area contributed by atoms with Crippen LogP contribution in [0.5, 0.6) is 11.5 Å². The molecule has 6 nitrogen and oxygen atoms in total. The first-order chi connectivity index (χ1) is 16.9. The zero-order chi connectivity index (χ0) is 24.9. The Morgan fingerprint density at radius 3 is 2.17 bits per heavy atom. The summed E-state index contributed by atoms with van der Waals surface area (Å²) in [4.78, 5) is 27.8. The number of hydrogen-bond acceptors (Lipinski definition) is 5. The molecule has 1 aliphatic heterocycles. The molecule has 0 aliphatic carbocycles. The number of carbonyl (C=O) groups excluding carboxylic acids is 2. The second-order valence-electron chi connectivity index (χ2n) is 8.20. The number of halogens is 1. The van der Waals surface area contributed by atoms with E-state index in [2.05, 4.69) is 0 Å². The van der Waals surface area contributed by atoms with Crippen LogP contribution in [0.2, 0.25) is 5.02 Å². The third-order valence-corrected chi connectivity index (χ3v) is 6.09. The van der Waals surface area contributed by atoms with Crippen molar-refractivity contribution in [2.24, 2.45) is 0 Å². The van der Waals surface area contributed by atoms with Crippen LogP contribution >= 0.6 is 11.6 Å². The maximum Gasteiger partial charge on any atom is 0.295 e. The van der Waals surface area contributed by atoms with Gasteiger partial charge in [0.2, 0.25) is 0 Å². The summed E-state index contributed by atoms with van der Waals surface area (Å²) >= 11 is 6.08. The van der Waals surface area contributed by atoms with E-state index in [0.717, 1.165) is 12.0 Å². The minimum atomic E-state index is -0.773. The van der Waals surface area contributed by atoms with Crippen molar-refractivity contribution in [3.8, 4) is 11.5 Å². The molecule has 7 heteroatoms. The van der Waals surface area contributed by atoms with Crippen LogP contribution in [0.4, 0.5) is 0 Å². The highest BCUT2D eigenvalue weighted by atomic mass is 35.5. The Hall–Kier alpha value is -3.77. The molecule has 35 heavy (non-hydrogen) atoms. The third kappa shape index (κ3) is 5.17. The van der Waals surface area contributed by atoms with Crippen molar-refractivity contribution in [3.63, 3.8) is 0 Å². The fourth-order valence-electron chi connectivity index (χ4n) is 4.05. The Morgan fingerprint density at radius 2 is 1.57 bits per heavy atom. The van der Waals surface area contributed by atoms with E-state index in [0.29, 0.717) is 34.3 Å². The van der Waals surface area contributed by atoms with Crippen LogP contribution in [0, 0.1) is 0 Å². The number of likely N-dealkylation sites (tertiary alicyclic amines) is 1. The highest BCUT2D eigenvalue weighted by Crippen LogP contribution is 2.40. The van der Waals surface area contributed by atoms with Crippen molar-refractivity contribution in [2.75, 3.05) is 13.7 Å². The van der Waals surface area contributed by atoms with Crippen molar-refractivity contribution in [3.05, 3.63) is 100 Å². The summed E-state index contributed by atoms with van der Waals surface area (Å²) in [5.41, 5.74) is 1.96. The average Bonchev–Trinajstić information content (AvgIpc) is 3.13. The van der Waals surface area contributed by atoms with Crippen LogP contribution in [0.1, 0.15) is 36.1 Å². The number of aliphatic hydroxyl groups excluding tert-OH is 1. The van der Waals surface area contributed by atoms with E-state index in [9.17, 15) is 14.7 Å². The molecule has 0 radical (unpaired) electrons. The lowest BCUT2D eigenvalue weighted by atomic mass is 9.95. The van der Waals surface area contributed by atoms with Gasteiger partial charge in [0.25, 0.3) is 11.7 Å². The lowest BCUT2D eigenvalue weighted by Crippen LogP contribution is -2.29. The van der Waals surface area contributed by atoms with Crippen LogP contribution in [0.15, 0.2) is 78.4 Å². The van der Waals surface area contributed by atoms with Gasteiger partial charge in [-0.3, -0.25) is 9.59 Å². The monoisotopic (exact) mass is 491 g/mol. The van der Waals surface area contributed by atoms with Crippen molar-refractivity contribution >= 4 is 29.1 Å². The number of ether oxygens (including phenoxy) is 2. The predicted molar refractivity (Wildman–Crippen MR) is 135 cm³/mol. The topological polar surface area (TPSA) is 76.1 Å². The van der Waals surface area contributed by atoms with Gasteiger partial charge in [-0.1, -0.05) is 42.8 Å². The number of hydrogen-bond donors (Lipinski definition) is 1. The standard InChI is InChI=1S/C28H26ClNO5/c1-3-16-35-23-14-8-20(9-15-23)26(31)24-25(19-6-10-21(29)11-7-19)30(28(33)27(24)32)17-18-4-12-22(34-2)13-5-18/h4-15,25,31H,3,16-17H2,1-2H3/b26-24-. The highest BCUT2D eigenvalue weighted by Gasteiger charge is 2.46. The van der Waals surface area contributed by atoms with Gasteiger partial charge in [-0.2, -0.15) is 0 Å². The molecular weight excluding hydrogens is 466 g/mol. The van der Waals surface area contributed by atoms with Crippen LogP contribution in [0.25, 0.3) is 5.76 Å². The van der Waals surface area contributed by atoms with Crippen molar-refractivity contribution in [1.82, 2.24) is 4.90 Å². The molecular formula is C28H26ClNO5.